The van der Waals surface area contributed by atoms with Gasteiger partial charge in [-0.15, -0.1) is 0 Å². The van der Waals surface area contributed by atoms with Gasteiger partial charge in [-0.05, 0) is 67.1 Å². The molecular weight excluding hydrogens is 439 g/mol. The number of nitrogens with one attached hydrogen (secondary N) is 1. The molecule has 0 aromatic heterocycles. The van der Waals surface area contributed by atoms with Gasteiger partial charge in [-0.3, -0.25) is 4.79 Å². The summed E-state index contributed by atoms with van der Waals surface area (Å²) in [6.07, 6.45) is 0.658. The Bertz CT molecular complexity index is 1100. The SMILES string of the molecule is C[C@@H](Oc1cccc(Cl)c1)C(=O)N/N=C\c1cccc(OC(=O)c2ccc(Cl)cc2)c1. The molecule has 3 aromatic rings. The van der Waals surface area contributed by atoms with E-state index in [4.69, 9.17) is 32.7 Å². The second-order valence-corrected chi connectivity index (χ2v) is 7.29. The molecule has 0 radical (unpaired) electrons. The predicted molar refractivity (Wildman–Crippen MR) is 120 cm³/mol. The molecule has 3 aromatic carbocycles. The van der Waals surface area contributed by atoms with E-state index in [2.05, 4.69) is 10.5 Å². The number of hydrogen-bond donors (Lipinski definition) is 1. The molecule has 0 unspecified atom stereocenters. The van der Waals surface area contributed by atoms with Crippen LogP contribution in [-0.2, 0) is 4.79 Å². The summed E-state index contributed by atoms with van der Waals surface area (Å²) in [7, 11) is 0. The number of carbonyl (C=O) groups is 2. The number of carbonyl (C=O) groups excluding carboxylic acids is 2. The fourth-order valence-electron chi connectivity index (χ4n) is 2.47. The zero-order valence-corrected chi connectivity index (χ0v) is 17.9. The van der Waals surface area contributed by atoms with E-state index in [9.17, 15) is 9.59 Å². The fraction of sp³-hybridized carbons (Fsp3) is 0.0870. The Labute approximate surface area is 189 Å². The van der Waals surface area contributed by atoms with E-state index in [0.29, 0.717) is 32.7 Å². The minimum absolute atomic E-state index is 0.341. The topological polar surface area (TPSA) is 77.0 Å². The Morgan fingerprint density at radius 2 is 1.65 bits per heavy atom. The van der Waals surface area contributed by atoms with Crippen molar-refractivity contribution in [2.24, 2.45) is 5.10 Å². The molecule has 0 spiro atoms. The molecule has 0 aliphatic heterocycles. The van der Waals surface area contributed by atoms with Crippen LogP contribution in [0.2, 0.25) is 10.0 Å². The average molecular weight is 457 g/mol. The molecule has 6 nitrogen and oxygen atoms in total. The van der Waals surface area contributed by atoms with E-state index in [-0.39, 0.29) is 0 Å². The lowest BCUT2D eigenvalue weighted by Gasteiger charge is -2.12. The van der Waals surface area contributed by atoms with Crippen LogP contribution in [0, 0.1) is 0 Å². The normalized spacial score (nSPS) is 11.7. The number of hydrogen-bond acceptors (Lipinski definition) is 5. The average Bonchev–Trinajstić information content (AvgIpc) is 2.74. The fourth-order valence-corrected chi connectivity index (χ4v) is 2.78. The molecule has 0 heterocycles. The van der Waals surface area contributed by atoms with E-state index in [1.807, 2.05) is 0 Å². The summed E-state index contributed by atoms with van der Waals surface area (Å²) in [5.41, 5.74) is 3.42. The monoisotopic (exact) mass is 456 g/mol. The highest BCUT2D eigenvalue weighted by Crippen LogP contribution is 2.18. The van der Waals surface area contributed by atoms with Gasteiger partial charge in [-0.2, -0.15) is 5.10 Å². The molecule has 0 saturated heterocycles. The maximum atomic E-state index is 12.2. The molecular formula is C23H18Cl2N2O4. The number of hydrazone groups is 1. The van der Waals surface area contributed by atoms with Crippen LogP contribution in [0.1, 0.15) is 22.8 Å². The zero-order chi connectivity index (χ0) is 22.2. The van der Waals surface area contributed by atoms with E-state index >= 15 is 0 Å². The first-order chi connectivity index (χ1) is 14.9. The standard InChI is InChI=1S/C23H18Cl2N2O4/c1-15(30-21-7-3-5-19(25)13-21)22(28)27-26-14-16-4-2-6-20(12-16)31-23(29)17-8-10-18(24)11-9-17/h2-15H,1H3,(H,27,28)/b26-14-/t15-/m1/s1. The summed E-state index contributed by atoms with van der Waals surface area (Å²) in [6, 6.07) is 19.9. The molecule has 8 heteroatoms. The molecule has 31 heavy (non-hydrogen) atoms. The third kappa shape index (κ3) is 6.84. The van der Waals surface area contributed by atoms with Gasteiger partial charge in [-0.25, -0.2) is 10.2 Å². The Morgan fingerprint density at radius 3 is 2.39 bits per heavy atom. The number of nitrogens with zero attached hydrogens (tertiary/aromatic N) is 1. The van der Waals surface area contributed by atoms with Crippen LogP contribution in [0.15, 0.2) is 77.9 Å². The lowest BCUT2D eigenvalue weighted by atomic mass is 10.2. The lowest BCUT2D eigenvalue weighted by molar-refractivity contribution is -0.127. The summed E-state index contributed by atoms with van der Waals surface area (Å²) in [4.78, 5) is 24.4. The summed E-state index contributed by atoms with van der Waals surface area (Å²) >= 11 is 11.7. The maximum Gasteiger partial charge on any atom is 0.343 e. The van der Waals surface area contributed by atoms with Crippen molar-refractivity contribution < 1.29 is 19.1 Å². The van der Waals surface area contributed by atoms with E-state index in [1.54, 1.807) is 79.7 Å². The van der Waals surface area contributed by atoms with Crippen molar-refractivity contribution in [1.29, 1.82) is 0 Å². The van der Waals surface area contributed by atoms with E-state index < -0.39 is 18.0 Å². The highest BCUT2D eigenvalue weighted by atomic mass is 35.5. The Morgan fingerprint density at radius 1 is 0.935 bits per heavy atom. The number of amides is 1. The molecule has 0 fully saturated rings. The van der Waals surface area contributed by atoms with Gasteiger partial charge in [0.25, 0.3) is 5.91 Å². The third-order valence-corrected chi connectivity index (χ3v) is 4.50. The largest absolute Gasteiger partial charge is 0.481 e. The molecule has 1 atom stereocenters. The zero-order valence-electron chi connectivity index (χ0n) is 16.4. The lowest BCUT2D eigenvalue weighted by Crippen LogP contribution is -2.33. The quantitative estimate of drug-likeness (QED) is 0.231. The van der Waals surface area contributed by atoms with Gasteiger partial charge < -0.3 is 9.47 Å². The third-order valence-electron chi connectivity index (χ3n) is 4.02. The predicted octanol–water partition coefficient (Wildman–Crippen LogP) is 5.13. The van der Waals surface area contributed by atoms with Crippen molar-refractivity contribution in [3.8, 4) is 11.5 Å². The first-order valence-electron chi connectivity index (χ1n) is 9.23. The Kier molecular flexibility index (Phi) is 7.65. The summed E-state index contributed by atoms with van der Waals surface area (Å²) < 4.78 is 10.9. The van der Waals surface area contributed by atoms with Gasteiger partial charge >= 0.3 is 5.97 Å². The molecule has 0 aliphatic carbocycles. The first kappa shape index (κ1) is 22.3. The van der Waals surface area contributed by atoms with Gasteiger partial charge in [0.15, 0.2) is 6.10 Å². The molecule has 158 valence electrons. The van der Waals surface area contributed by atoms with Crippen molar-refractivity contribution in [1.82, 2.24) is 5.43 Å². The molecule has 1 amide bonds. The summed E-state index contributed by atoms with van der Waals surface area (Å²) in [5.74, 6) is -0.116. The van der Waals surface area contributed by atoms with E-state index in [0.717, 1.165) is 0 Å². The van der Waals surface area contributed by atoms with Crippen LogP contribution >= 0.6 is 23.2 Å². The second kappa shape index (κ2) is 10.6. The smallest absolute Gasteiger partial charge is 0.343 e. The first-order valence-corrected chi connectivity index (χ1v) is 9.99. The van der Waals surface area contributed by atoms with Crippen LogP contribution in [0.4, 0.5) is 0 Å². The highest BCUT2D eigenvalue weighted by molar-refractivity contribution is 6.31. The molecule has 0 aliphatic rings. The van der Waals surface area contributed by atoms with Crippen LogP contribution in [0.25, 0.3) is 0 Å². The van der Waals surface area contributed by atoms with Crippen LogP contribution < -0.4 is 14.9 Å². The van der Waals surface area contributed by atoms with Crippen LogP contribution in [0.5, 0.6) is 11.5 Å². The molecule has 1 N–H and O–H groups in total. The Hall–Kier alpha value is -3.35. The summed E-state index contributed by atoms with van der Waals surface area (Å²) in [6.45, 7) is 1.60. The van der Waals surface area contributed by atoms with Gasteiger partial charge in [0.1, 0.15) is 11.5 Å². The number of rotatable bonds is 7. The molecule has 0 bridgehead atoms. The van der Waals surface area contributed by atoms with E-state index in [1.165, 1.54) is 6.21 Å². The van der Waals surface area contributed by atoms with Crippen molar-refractivity contribution >= 4 is 41.3 Å². The minimum Gasteiger partial charge on any atom is -0.481 e. The van der Waals surface area contributed by atoms with Crippen molar-refractivity contribution in [2.75, 3.05) is 0 Å². The summed E-state index contributed by atoms with van der Waals surface area (Å²) in [5, 5.41) is 4.97. The van der Waals surface area contributed by atoms with Crippen molar-refractivity contribution in [3.05, 3.63) is 94.0 Å². The van der Waals surface area contributed by atoms with Crippen LogP contribution in [0.3, 0.4) is 0 Å². The second-order valence-electron chi connectivity index (χ2n) is 6.42. The minimum atomic E-state index is -0.776. The van der Waals surface area contributed by atoms with Gasteiger partial charge in [-0.1, -0.05) is 41.4 Å². The van der Waals surface area contributed by atoms with Crippen LogP contribution in [-0.4, -0.2) is 24.2 Å². The van der Waals surface area contributed by atoms with Crippen molar-refractivity contribution in [2.45, 2.75) is 13.0 Å². The van der Waals surface area contributed by atoms with Gasteiger partial charge in [0.2, 0.25) is 0 Å². The number of esters is 1. The van der Waals surface area contributed by atoms with Gasteiger partial charge in [0, 0.05) is 10.0 Å². The van der Waals surface area contributed by atoms with Gasteiger partial charge in [0.05, 0.1) is 11.8 Å². The number of benzene rings is 3. The molecule has 0 saturated carbocycles. The number of ether oxygens (including phenoxy) is 2. The maximum absolute atomic E-state index is 12.2. The Balaban J connectivity index is 1.55. The highest BCUT2D eigenvalue weighted by Gasteiger charge is 2.14. The van der Waals surface area contributed by atoms with Crippen molar-refractivity contribution in [3.63, 3.8) is 0 Å². The molecule has 3 rings (SSSR count). The number of halogens is 2.